The van der Waals surface area contributed by atoms with Crippen LogP contribution in [0.25, 0.3) is 0 Å². The predicted molar refractivity (Wildman–Crippen MR) is 72.9 cm³/mol. The minimum atomic E-state index is 0.250. The molecule has 1 aromatic carbocycles. The lowest BCUT2D eigenvalue weighted by molar-refractivity contribution is 0.251. The number of hydrogen-bond donors (Lipinski definition) is 1. The van der Waals surface area contributed by atoms with Crippen LogP contribution < -0.4 is 10.1 Å². The van der Waals surface area contributed by atoms with Crippen LogP contribution in [0.3, 0.4) is 0 Å². The van der Waals surface area contributed by atoms with Gasteiger partial charge >= 0.3 is 0 Å². The predicted octanol–water partition coefficient (Wildman–Crippen LogP) is 2.75. The topological polar surface area (TPSA) is 60.2 Å². The summed E-state index contributed by atoms with van der Waals surface area (Å²) in [4.78, 5) is 4.19. The molecule has 0 amide bonds. The van der Waals surface area contributed by atoms with Crippen molar-refractivity contribution in [3.05, 3.63) is 40.0 Å². The first-order chi connectivity index (χ1) is 9.22. The van der Waals surface area contributed by atoms with Gasteiger partial charge in [-0.3, -0.25) is 0 Å². The Labute approximate surface area is 119 Å². The number of halogens is 1. The molecule has 2 aromatic rings. The highest BCUT2D eigenvalue weighted by molar-refractivity contribution is 9.10. The van der Waals surface area contributed by atoms with E-state index >= 15 is 0 Å². The summed E-state index contributed by atoms with van der Waals surface area (Å²) in [5.41, 5.74) is 1.17. The molecule has 5 nitrogen and oxygen atoms in total. The average molecular weight is 324 g/mol. The second-order valence-electron chi connectivity index (χ2n) is 4.48. The third-order valence-electron chi connectivity index (χ3n) is 3.09. The summed E-state index contributed by atoms with van der Waals surface area (Å²) < 4.78 is 11.7. The van der Waals surface area contributed by atoms with Crippen LogP contribution in [0.1, 0.15) is 29.7 Å². The maximum Gasteiger partial charge on any atom is 0.223 e. The normalized spacial score (nSPS) is 17.9. The first-order valence-electron chi connectivity index (χ1n) is 6.17. The van der Waals surface area contributed by atoms with Crippen LogP contribution in [0.5, 0.6) is 5.75 Å². The number of benzene rings is 1. The van der Waals surface area contributed by atoms with Crippen LogP contribution in [-0.2, 0) is 6.54 Å². The molecule has 2 heterocycles. The Kier molecular flexibility index (Phi) is 3.52. The van der Waals surface area contributed by atoms with Crippen molar-refractivity contribution in [2.45, 2.75) is 25.9 Å². The quantitative estimate of drug-likeness (QED) is 0.941. The SMILES string of the molecule is Cc1nc(CNC2CCOc3ccc(Br)cc32)no1. The minimum Gasteiger partial charge on any atom is -0.493 e. The van der Waals surface area contributed by atoms with Gasteiger partial charge in [-0.25, -0.2) is 0 Å². The standard InChI is InChI=1S/C13H14BrN3O2/c1-8-16-13(17-19-8)7-15-11-4-5-18-12-3-2-9(14)6-10(11)12/h2-3,6,11,15H,4-5,7H2,1H3. The van der Waals surface area contributed by atoms with Crippen molar-refractivity contribution in [1.29, 1.82) is 0 Å². The van der Waals surface area contributed by atoms with Gasteiger partial charge in [0.2, 0.25) is 5.89 Å². The monoisotopic (exact) mass is 323 g/mol. The fourth-order valence-electron chi connectivity index (χ4n) is 2.20. The summed E-state index contributed by atoms with van der Waals surface area (Å²) in [5, 5.41) is 7.33. The molecule has 0 fully saturated rings. The van der Waals surface area contributed by atoms with Gasteiger partial charge in [0.1, 0.15) is 5.75 Å². The molecule has 0 bridgehead atoms. The summed E-state index contributed by atoms with van der Waals surface area (Å²) in [5.74, 6) is 2.21. The Morgan fingerprint density at radius 2 is 2.37 bits per heavy atom. The van der Waals surface area contributed by atoms with E-state index in [2.05, 4.69) is 37.5 Å². The zero-order valence-corrected chi connectivity index (χ0v) is 12.1. The zero-order valence-electron chi connectivity index (χ0n) is 10.5. The van der Waals surface area contributed by atoms with Crippen LogP contribution in [-0.4, -0.2) is 16.7 Å². The highest BCUT2D eigenvalue weighted by Gasteiger charge is 2.21. The summed E-state index contributed by atoms with van der Waals surface area (Å²) in [6.45, 7) is 3.10. The highest BCUT2D eigenvalue weighted by Crippen LogP contribution is 2.34. The van der Waals surface area contributed by atoms with Gasteiger partial charge in [-0.05, 0) is 18.2 Å². The first kappa shape index (κ1) is 12.6. The fraction of sp³-hybridized carbons (Fsp3) is 0.385. The van der Waals surface area contributed by atoms with Gasteiger partial charge in [0.25, 0.3) is 0 Å². The van der Waals surface area contributed by atoms with Crippen molar-refractivity contribution in [1.82, 2.24) is 15.5 Å². The molecule has 1 aromatic heterocycles. The van der Waals surface area contributed by atoms with Crippen molar-refractivity contribution in [3.63, 3.8) is 0 Å². The van der Waals surface area contributed by atoms with Crippen molar-refractivity contribution < 1.29 is 9.26 Å². The van der Waals surface area contributed by atoms with Gasteiger partial charge in [-0.1, -0.05) is 21.1 Å². The second-order valence-corrected chi connectivity index (χ2v) is 5.40. The summed E-state index contributed by atoms with van der Waals surface area (Å²) >= 11 is 3.49. The maximum absolute atomic E-state index is 5.65. The van der Waals surface area contributed by atoms with E-state index in [0.717, 1.165) is 23.2 Å². The molecular formula is C13H14BrN3O2. The smallest absolute Gasteiger partial charge is 0.223 e. The van der Waals surface area contributed by atoms with Crippen LogP contribution in [0, 0.1) is 6.92 Å². The van der Waals surface area contributed by atoms with E-state index in [1.165, 1.54) is 5.56 Å². The molecule has 100 valence electrons. The second kappa shape index (κ2) is 5.30. The molecule has 1 unspecified atom stereocenters. The Bertz CT molecular complexity index is 585. The van der Waals surface area contributed by atoms with E-state index in [9.17, 15) is 0 Å². The molecule has 1 aliphatic rings. The van der Waals surface area contributed by atoms with E-state index in [0.29, 0.717) is 18.3 Å². The number of rotatable bonds is 3. The van der Waals surface area contributed by atoms with Crippen molar-refractivity contribution in [3.8, 4) is 5.75 Å². The number of ether oxygens (including phenoxy) is 1. The molecule has 19 heavy (non-hydrogen) atoms. The lowest BCUT2D eigenvalue weighted by atomic mass is 10.0. The molecule has 0 aliphatic carbocycles. The van der Waals surface area contributed by atoms with E-state index in [1.807, 2.05) is 12.1 Å². The van der Waals surface area contributed by atoms with Gasteiger partial charge in [-0.15, -0.1) is 0 Å². The molecule has 1 aliphatic heterocycles. The molecular weight excluding hydrogens is 310 g/mol. The number of nitrogens with one attached hydrogen (secondary N) is 1. The third-order valence-corrected chi connectivity index (χ3v) is 3.58. The van der Waals surface area contributed by atoms with Gasteiger partial charge in [0.15, 0.2) is 5.82 Å². The van der Waals surface area contributed by atoms with Gasteiger partial charge in [0.05, 0.1) is 13.2 Å². The lowest BCUT2D eigenvalue weighted by Crippen LogP contribution is -2.27. The van der Waals surface area contributed by atoms with Gasteiger partial charge in [0, 0.05) is 29.4 Å². The number of nitrogens with zero attached hydrogens (tertiary/aromatic N) is 2. The Morgan fingerprint density at radius 1 is 1.47 bits per heavy atom. The van der Waals surface area contributed by atoms with E-state index in [1.54, 1.807) is 6.92 Å². The molecule has 0 radical (unpaired) electrons. The number of hydrogen-bond acceptors (Lipinski definition) is 5. The van der Waals surface area contributed by atoms with Crippen LogP contribution in [0.4, 0.5) is 0 Å². The van der Waals surface area contributed by atoms with E-state index in [4.69, 9.17) is 9.26 Å². The van der Waals surface area contributed by atoms with Crippen LogP contribution in [0.15, 0.2) is 27.2 Å². The molecule has 1 N–H and O–H groups in total. The van der Waals surface area contributed by atoms with Crippen LogP contribution >= 0.6 is 15.9 Å². The van der Waals surface area contributed by atoms with Crippen molar-refractivity contribution >= 4 is 15.9 Å². The highest BCUT2D eigenvalue weighted by atomic mass is 79.9. The average Bonchev–Trinajstić information content (AvgIpc) is 2.82. The molecule has 0 spiro atoms. The van der Waals surface area contributed by atoms with E-state index < -0.39 is 0 Å². The molecule has 1 atom stereocenters. The minimum absolute atomic E-state index is 0.250. The first-order valence-corrected chi connectivity index (χ1v) is 6.96. The van der Waals surface area contributed by atoms with Crippen molar-refractivity contribution in [2.24, 2.45) is 0 Å². The summed E-state index contributed by atoms with van der Waals surface area (Å²) in [7, 11) is 0. The fourth-order valence-corrected chi connectivity index (χ4v) is 2.58. The Hall–Kier alpha value is -1.40. The number of fused-ring (bicyclic) bond motifs is 1. The van der Waals surface area contributed by atoms with Gasteiger partial charge in [-0.2, -0.15) is 4.98 Å². The maximum atomic E-state index is 5.65. The van der Waals surface area contributed by atoms with Crippen LogP contribution in [0.2, 0.25) is 0 Å². The number of aryl methyl sites for hydroxylation is 1. The van der Waals surface area contributed by atoms with E-state index in [-0.39, 0.29) is 6.04 Å². The van der Waals surface area contributed by atoms with Crippen molar-refractivity contribution in [2.75, 3.05) is 6.61 Å². The molecule has 0 saturated carbocycles. The largest absolute Gasteiger partial charge is 0.493 e. The summed E-state index contributed by atoms with van der Waals surface area (Å²) in [6.07, 6.45) is 0.931. The zero-order chi connectivity index (χ0) is 13.2. The number of aromatic nitrogens is 2. The Morgan fingerprint density at radius 3 is 3.16 bits per heavy atom. The lowest BCUT2D eigenvalue weighted by Gasteiger charge is -2.26. The van der Waals surface area contributed by atoms with Gasteiger partial charge < -0.3 is 14.6 Å². The molecule has 3 rings (SSSR count). The molecule has 0 saturated heterocycles. The summed E-state index contributed by atoms with van der Waals surface area (Å²) in [6, 6.07) is 6.32. The molecule has 6 heteroatoms. The third kappa shape index (κ3) is 2.79. The Balaban J connectivity index is 1.74.